The predicted octanol–water partition coefficient (Wildman–Crippen LogP) is 10.5. The van der Waals surface area contributed by atoms with Gasteiger partial charge in [0.1, 0.15) is 12.4 Å². The summed E-state index contributed by atoms with van der Waals surface area (Å²) in [4.78, 5) is 0. The summed E-state index contributed by atoms with van der Waals surface area (Å²) in [6.45, 7) is 28.9. The number of hydrogen-bond acceptors (Lipinski definition) is 4. The molecule has 2 radical (unpaired) electrons. The molecule has 0 aliphatic carbocycles. The molecule has 0 aliphatic heterocycles. The van der Waals surface area contributed by atoms with Crippen LogP contribution >= 0.6 is 0 Å². The van der Waals surface area contributed by atoms with Gasteiger partial charge < -0.3 is 18.7 Å². The lowest BCUT2D eigenvalue weighted by molar-refractivity contribution is 0.0653. The molecule has 2 atom stereocenters. The molecule has 4 nitrogen and oxygen atoms in total. The molecule has 0 bridgehead atoms. The van der Waals surface area contributed by atoms with Crippen molar-refractivity contribution in [3.8, 4) is 5.75 Å². The van der Waals surface area contributed by atoms with Gasteiger partial charge in [-0.25, -0.2) is 0 Å². The smallest absolute Gasteiger partial charge is 0.205 e. The van der Waals surface area contributed by atoms with E-state index in [4.69, 9.17) is 13.6 Å². The van der Waals surface area contributed by atoms with Crippen LogP contribution in [0, 0.1) is 10.8 Å². The number of hydrogen-bond donors (Lipinski definition) is 1. The topological polar surface area (TPSA) is 47.9 Å². The fraction of sp³-hybridized carbons (Fsp3) is 0.568. The van der Waals surface area contributed by atoms with E-state index in [1.807, 2.05) is 26.0 Å². The van der Waals surface area contributed by atoms with E-state index in [9.17, 15) is 5.11 Å². The van der Waals surface area contributed by atoms with Crippen LogP contribution in [0.5, 0.6) is 5.75 Å². The van der Waals surface area contributed by atoms with Crippen molar-refractivity contribution in [1.82, 2.24) is 0 Å². The van der Waals surface area contributed by atoms with Crippen molar-refractivity contribution >= 4 is 23.7 Å². The van der Waals surface area contributed by atoms with Crippen LogP contribution in [0.3, 0.4) is 0 Å². The lowest BCUT2D eigenvalue weighted by atomic mass is 9.77. The van der Waals surface area contributed by atoms with E-state index in [0.29, 0.717) is 19.4 Å². The Hall–Kier alpha value is -1.97. The highest BCUT2D eigenvalue weighted by Gasteiger charge is 2.36. The summed E-state index contributed by atoms with van der Waals surface area (Å²) in [5.41, 5.74) is 4.84. The first-order valence-electron chi connectivity index (χ1n) is 15.8. The van der Waals surface area contributed by atoms with E-state index in [1.54, 1.807) is 0 Å². The lowest BCUT2D eigenvalue weighted by Gasteiger charge is -2.39. The van der Waals surface area contributed by atoms with E-state index >= 15 is 0 Å². The van der Waals surface area contributed by atoms with Crippen molar-refractivity contribution in [1.29, 1.82) is 0 Å². The van der Waals surface area contributed by atoms with Crippen LogP contribution in [0.2, 0.25) is 26.2 Å². The summed E-state index contributed by atoms with van der Waals surface area (Å²) in [7, 11) is -1.89. The van der Waals surface area contributed by atoms with Crippen molar-refractivity contribution in [3.63, 3.8) is 0 Å². The number of rotatable bonds is 14. The van der Waals surface area contributed by atoms with Crippen molar-refractivity contribution < 1.29 is 18.7 Å². The second-order valence-electron chi connectivity index (χ2n) is 14.3. The van der Waals surface area contributed by atoms with Crippen LogP contribution in [0.25, 0.3) is 5.57 Å². The van der Waals surface area contributed by atoms with Crippen LogP contribution in [-0.4, -0.2) is 28.8 Å². The standard InChI is InChI=1S/C37H58O4Si2/c1-14-37(38,15-2)23-17-18-27(3)29-20-16-19-28(24-29)26-39-30-21-22-31(33(35(4,5)6)40-42(10)11)32(25-30)34(36(7,8)9)41-43(12)13/h16-25,33-34,38H,14-15,26H2,1-13H3/b23-17+,27-18+. The number of benzene rings is 2. The van der Waals surface area contributed by atoms with Gasteiger partial charge in [0.2, 0.25) is 18.1 Å². The molecule has 0 heterocycles. The van der Waals surface area contributed by atoms with Gasteiger partial charge in [0, 0.05) is 0 Å². The minimum Gasteiger partial charge on any atom is -0.489 e. The van der Waals surface area contributed by atoms with Gasteiger partial charge in [0.05, 0.1) is 17.8 Å². The Morgan fingerprint density at radius 3 is 1.88 bits per heavy atom. The highest BCUT2D eigenvalue weighted by Crippen LogP contribution is 2.46. The lowest BCUT2D eigenvalue weighted by Crippen LogP contribution is -2.31. The molecule has 0 aromatic heterocycles. The molecule has 238 valence electrons. The summed E-state index contributed by atoms with van der Waals surface area (Å²) in [6, 6.07) is 15.0. The molecule has 1 N–H and O–H groups in total. The minimum atomic E-state index is -0.960. The summed E-state index contributed by atoms with van der Waals surface area (Å²) in [5.74, 6) is 0.836. The first kappa shape index (κ1) is 37.2. The average molecular weight is 623 g/mol. The van der Waals surface area contributed by atoms with Gasteiger partial charge in [0.25, 0.3) is 0 Å². The largest absolute Gasteiger partial charge is 0.489 e. The fourth-order valence-corrected chi connectivity index (χ4v) is 6.92. The Balaban J connectivity index is 2.44. The highest BCUT2D eigenvalue weighted by atomic mass is 28.3. The third kappa shape index (κ3) is 11.5. The Bertz CT molecular complexity index is 1210. The molecule has 2 aromatic rings. The number of ether oxygens (including phenoxy) is 1. The van der Waals surface area contributed by atoms with Gasteiger partial charge in [-0.2, -0.15) is 0 Å². The maximum atomic E-state index is 10.6. The Morgan fingerprint density at radius 2 is 1.37 bits per heavy atom. The Labute approximate surface area is 267 Å². The zero-order valence-corrected chi connectivity index (χ0v) is 31.2. The summed E-state index contributed by atoms with van der Waals surface area (Å²) >= 11 is 0. The van der Waals surface area contributed by atoms with Crippen LogP contribution in [0.4, 0.5) is 0 Å². The summed E-state index contributed by atoms with van der Waals surface area (Å²) in [5, 5.41) is 10.6. The summed E-state index contributed by atoms with van der Waals surface area (Å²) in [6.07, 6.45) is 7.23. The third-order valence-electron chi connectivity index (χ3n) is 7.67. The molecule has 2 unspecified atom stereocenters. The second kappa shape index (κ2) is 15.9. The van der Waals surface area contributed by atoms with Crippen LogP contribution in [0.15, 0.2) is 60.7 Å². The normalized spacial score (nSPS) is 15.0. The van der Waals surface area contributed by atoms with Crippen molar-refractivity contribution in [2.24, 2.45) is 10.8 Å². The van der Waals surface area contributed by atoms with E-state index in [2.05, 4.69) is 123 Å². The SMILES string of the molecule is CCC(O)(/C=C/C=C(\C)c1cccc(COc2ccc(C(O[Si](C)C)C(C)(C)C)c(C(O[Si](C)C)C(C)(C)C)c2)c1)CC. The van der Waals surface area contributed by atoms with Crippen molar-refractivity contribution in [2.45, 2.75) is 126 Å². The van der Waals surface area contributed by atoms with Crippen LogP contribution in [-0.2, 0) is 15.5 Å². The molecular weight excluding hydrogens is 565 g/mol. The van der Waals surface area contributed by atoms with E-state index in [-0.39, 0.29) is 23.0 Å². The zero-order chi connectivity index (χ0) is 32.6. The van der Waals surface area contributed by atoms with E-state index in [1.165, 1.54) is 5.56 Å². The van der Waals surface area contributed by atoms with E-state index < -0.39 is 23.7 Å². The van der Waals surface area contributed by atoms with E-state index in [0.717, 1.165) is 28.0 Å². The highest BCUT2D eigenvalue weighted by molar-refractivity contribution is 6.48. The Morgan fingerprint density at radius 1 is 0.814 bits per heavy atom. The molecule has 0 saturated heterocycles. The van der Waals surface area contributed by atoms with Crippen LogP contribution in [0.1, 0.15) is 110 Å². The van der Waals surface area contributed by atoms with Crippen LogP contribution < -0.4 is 4.74 Å². The maximum absolute atomic E-state index is 10.6. The minimum absolute atomic E-state index is 0.0376. The quantitative estimate of drug-likeness (QED) is 0.168. The molecular formula is C37H58O4Si2. The molecule has 0 saturated carbocycles. The molecule has 43 heavy (non-hydrogen) atoms. The fourth-order valence-electron chi connectivity index (χ4n) is 5.02. The molecule has 2 rings (SSSR count). The number of aliphatic hydroxyl groups is 1. The monoisotopic (exact) mass is 622 g/mol. The molecule has 0 aliphatic rings. The Kier molecular flexibility index (Phi) is 13.7. The second-order valence-corrected chi connectivity index (χ2v) is 18.4. The first-order chi connectivity index (χ1) is 19.9. The average Bonchev–Trinajstić information content (AvgIpc) is 2.92. The maximum Gasteiger partial charge on any atom is 0.205 e. The van der Waals surface area contributed by atoms with Gasteiger partial charge in [-0.15, -0.1) is 0 Å². The molecule has 0 spiro atoms. The molecule has 0 fully saturated rings. The van der Waals surface area contributed by atoms with Gasteiger partial charge in [0.15, 0.2) is 0 Å². The van der Waals surface area contributed by atoms with Gasteiger partial charge in [-0.3, -0.25) is 0 Å². The zero-order valence-electron chi connectivity index (χ0n) is 29.2. The molecule has 6 heteroatoms. The van der Waals surface area contributed by atoms with Gasteiger partial charge in [-0.1, -0.05) is 97.9 Å². The summed E-state index contributed by atoms with van der Waals surface area (Å²) < 4.78 is 19.8. The first-order valence-corrected chi connectivity index (χ1v) is 20.6. The van der Waals surface area contributed by atoms with Crippen molar-refractivity contribution in [3.05, 3.63) is 82.9 Å². The predicted molar refractivity (Wildman–Crippen MR) is 187 cm³/mol. The third-order valence-corrected chi connectivity index (χ3v) is 9.08. The van der Waals surface area contributed by atoms with Gasteiger partial charge in [-0.05, 0) is 103 Å². The molecule has 2 aromatic carbocycles. The van der Waals surface area contributed by atoms with Gasteiger partial charge >= 0.3 is 0 Å². The number of allylic oxidation sites excluding steroid dienone is 3. The van der Waals surface area contributed by atoms with Crippen molar-refractivity contribution in [2.75, 3.05) is 0 Å². The molecule has 0 amide bonds.